The van der Waals surface area contributed by atoms with Crippen molar-refractivity contribution in [1.82, 2.24) is 4.98 Å². The normalized spacial score (nSPS) is 10.5. The number of hydrogen-bond donors (Lipinski definition) is 2. The monoisotopic (exact) mass is 298 g/mol. The summed E-state index contributed by atoms with van der Waals surface area (Å²) in [6.07, 6.45) is 1.63. The average Bonchev–Trinajstić information content (AvgIpc) is 2.51. The SMILES string of the molecule is O=C(Nc1ccc(Cl)c2cccnc12)c1ccccc1O. The predicted octanol–water partition coefficient (Wildman–Crippen LogP) is 3.85. The number of nitrogens with zero attached hydrogens (tertiary/aromatic N) is 1. The van der Waals surface area contributed by atoms with Crippen molar-refractivity contribution in [3.63, 3.8) is 0 Å². The third-order valence-electron chi connectivity index (χ3n) is 3.11. The number of carbonyl (C=O) groups is 1. The molecule has 4 nitrogen and oxygen atoms in total. The summed E-state index contributed by atoms with van der Waals surface area (Å²) in [5.74, 6) is -0.469. The topological polar surface area (TPSA) is 62.2 Å². The molecule has 0 atom stereocenters. The predicted molar refractivity (Wildman–Crippen MR) is 82.8 cm³/mol. The summed E-state index contributed by atoms with van der Waals surface area (Å²) in [6, 6.07) is 13.4. The Bertz CT molecular complexity index is 833. The number of halogens is 1. The molecule has 3 rings (SSSR count). The van der Waals surface area contributed by atoms with Crippen molar-refractivity contribution in [2.45, 2.75) is 0 Å². The molecule has 2 aromatic carbocycles. The molecule has 0 bridgehead atoms. The molecule has 5 heteroatoms. The van der Waals surface area contributed by atoms with Gasteiger partial charge >= 0.3 is 0 Å². The second kappa shape index (κ2) is 5.42. The minimum absolute atomic E-state index is 0.0683. The van der Waals surface area contributed by atoms with Crippen LogP contribution < -0.4 is 5.32 Å². The lowest BCUT2D eigenvalue weighted by Crippen LogP contribution is -2.12. The molecule has 0 unspecified atom stereocenters. The highest BCUT2D eigenvalue weighted by Crippen LogP contribution is 2.28. The fraction of sp³-hybridized carbons (Fsp3) is 0. The van der Waals surface area contributed by atoms with Gasteiger partial charge in [0.05, 0.1) is 21.8 Å². The number of nitrogens with one attached hydrogen (secondary N) is 1. The van der Waals surface area contributed by atoms with Gasteiger partial charge in [0.25, 0.3) is 5.91 Å². The summed E-state index contributed by atoms with van der Waals surface area (Å²) in [5, 5.41) is 13.8. The molecule has 0 spiro atoms. The van der Waals surface area contributed by atoms with Gasteiger partial charge in [-0.2, -0.15) is 0 Å². The molecule has 1 amide bonds. The maximum Gasteiger partial charge on any atom is 0.259 e. The van der Waals surface area contributed by atoms with E-state index in [2.05, 4.69) is 10.3 Å². The van der Waals surface area contributed by atoms with E-state index in [9.17, 15) is 9.90 Å². The average molecular weight is 299 g/mol. The van der Waals surface area contributed by atoms with Crippen LogP contribution in [0.15, 0.2) is 54.7 Å². The van der Waals surface area contributed by atoms with Crippen molar-refractivity contribution in [1.29, 1.82) is 0 Å². The third kappa shape index (κ3) is 2.53. The van der Waals surface area contributed by atoms with Gasteiger partial charge < -0.3 is 10.4 Å². The van der Waals surface area contributed by atoms with E-state index in [1.807, 2.05) is 6.07 Å². The quantitative estimate of drug-likeness (QED) is 0.755. The molecule has 1 heterocycles. The van der Waals surface area contributed by atoms with Crippen molar-refractivity contribution in [3.05, 3.63) is 65.3 Å². The lowest BCUT2D eigenvalue weighted by molar-refractivity contribution is 0.102. The standard InChI is InChI=1S/C16H11ClN2O2/c17-12-7-8-13(15-10(12)5-3-9-18-15)19-16(21)11-4-1-2-6-14(11)20/h1-9,20H,(H,19,21). The molecular weight excluding hydrogens is 288 g/mol. The van der Waals surface area contributed by atoms with Crippen molar-refractivity contribution >= 4 is 34.1 Å². The summed E-state index contributed by atoms with van der Waals surface area (Å²) in [5.41, 5.74) is 1.36. The Morgan fingerprint density at radius 3 is 2.71 bits per heavy atom. The van der Waals surface area contributed by atoms with Crippen molar-refractivity contribution in [2.75, 3.05) is 5.32 Å². The molecule has 0 saturated heterocycles. The van der Waals surface area contributed by atoms with Crippen LogP contribution in [0.1, 0.15) is 10.4 Å². The highest BCUT2D eigenvalue weighted by molar-refractivity contribution is 6.36. The third-order valence-corrected chi connectivity index (χ3v) is 3.44. The number of hydrogen-bond acceptors (Lipinski definition) is 3. The number of amides is 1. The molecule has 1 aromatic heterocycles. The molecule has 3 aromatic rings. The zero-order valence-electron chi connectivity index (χ0n) is 10.9. The van der Waals surface area contributed by atoms with Crippen molar-refractivity contribution in [3.8, 4) is 5.75 Å². The molecule has 0 saturated carbocycles. The first-order valence-corrected chi connectivity index (χ1v) is 6.67. The van der Waals surface area contributed by atoms with Crippen LogP contribution in [0.25, 0.3) is 10.9 Å². The first kappa shape index (κ1) is 13.4. The number of pyridine rings is 1. The molecule has 104 valence electrons. The number of phenolic OH excluding ortho intramolecular Hbond substituents is 1. The molecule has 0 aliphatic heterocycles. The molecule has 0 aliphatic rings. The van der Waals surface area contributed by atoms with Gasteiger partial charge in [-0.15, -0.1) is 0 Å². The zero-order chi connectivity index (χ0) is 14.8. The molecular formula is C16H11ClN2O2. The van der Waals surface area contributed by atoms with Gasteiger partial charge in [-0.1, -0.05) is 23.7 Å². The van der Waals surface area contributed by atoms with Gasteiger partial charge in [0.15, 0.2) is 0 Å². The van der Waals surface area contributed by atoms with Crippen LogP contribution in [0.5, 0.6) is 5.75 Å². The summed E-state index contributed by atoms with van der Waals surface area (Å²) in [6.45, 7) is 0. The molecule has 0 radical (unpaired) electrons. The number of anilines is 1. The Morgan fingerprint density at radius 2 is 1.90 bits per heavy atom. The van der Waals surface area contributed by atoms with Crippen molar-refractivity contribution in [2.24, 2.45) is 0 Å². The van der Waals surface area contributed by atoms with Gasteiger partial charge in [0, 0.05) is 11.6 Å². The number of para-hydroxylation sites is 1. The van der Waals surface area contributed by atoms with Crippen LogP contribution in [-0.2, 0) is 0 Å². The largest absolute Gasteiger partial charge is 0.507 e. The van der Waals surface area contributed by atoms with Crippen LogP contribution >= 0.6 is 11.6 Å². The van der Waals surface area contributed by atoms with E-state index in [-0.39, 0.29) is 11.3 Å². The smallest absolute Gasteiger partial charge is 0.259 e. The fourth-order valence-electron chi connectivity index (χ4n) is 2.09. The van der Waals surface area contributed by atoms with E-state index in [0.29, 0.717) is 16.2 Å². The highest BCUT2D eigenvalue weighted by atomic mass is 35.5. The first-order chi connectivity index (χ1) is 10.2. The lowest BCUT2D eigenvalue weighted by atomic mass is 10.1. The van der Waals surface area contributed by atoms with Crippen LogP contribution in [0.2, 0.25) is 5.02 Å². The number of aromatic nitrogens is 1. The summed E-state index contributed by atoms with van der Waals surface area (Å²) >= 11 is 6.12. The van der Waals surface area contributed by atoms with E-state index in [1.54, 1.807) is 42.6 Å². The fourth-order valence-corrected chi connectivity index (χ4v) is 2.31. The number of phenols is 1. The summed E-state index contributed by atoms with van der Waals surface area (Å²) < 4.78 is 0. The molecule has 0 aliphatic carbocycles. The molecule has 0 fully saturated rings. The first-order valence-electron chi connectivity index (χ1n) is 6.29. The van der Waals surface area contributed by atoms with Gasteiger partial charge in [0.1, 0.15) is 5.75 Å². The number of carbonyl (C=O) groups excluding carboxylic acids is 1. The Hall–Kier alpha value is -2.59. The zero-order valence-corrected chi connectivity index (χ0v) is 11.6. The van der Waals surface area contributed by atoms with Crippen LogP contribution in [0.4, 0.5) is 5.69 Å². The minimum Gasteiger partial charge on any atom is -0.507 e. The number of fused-ring (bicyclic) bond motifs is 1. The van der Waals surface area contributed by atoms with Crippen LogP contribution in [0.3, 0.4) is 0 Å². The number of rotatable bonds is 2. The van der Waals surface area contributed by atoms with Gasteiger partial charge in [-0.05, 0) is 36.4 Å². The maximum atomic E-state index is 12.2. The summed E-state index contributed by atoms with van der Waals surface area (Å²) in [7, 11) is 0. The highest BCUT2D eigenvalue weighted by Gasteiger charge is 2.13. The Balaban J connectivity index is 2.01. The van der Waals surface area contributed by atoms with Gasteiger partial charge in [0.2, 0.25) is 0 Å². The van der Waals surface area contributed by atoms with E-state index in [4.69, 9.17) is 11.6 Å². The minimum atomic E-state index is -0.401. The lowest BCUT2D eigenvalue weighted by Gasteiger charge is -2.09. The van der Waals surface area contributed by atoms with E-state index in [0.717, 1.165) is 5.39 Å². The van der Waals surface area contributed by atoms with Crippen molar-refractivity contribution < 1.29 is 9.90 Å². The Kier molecular flexibility index (Phi) is 3.46. The van der Waals surface area contributed by atoms with Crippen LogP contribution in [0, 0.1) is 0 Å². The Morgan fingerprint density at radius 1 is 1.10 bits per heavy atom. The number of benzene rings is 2. The van der Waals surface area contributed by atoms with Gasteiger partial charge in [-0.3, -0.25) is 9.78 Å². The van der Waals surface area contributed by atoms with Gasteiger partial charge in [-0.25, -0.2) is 0 Å². The van der Waals surface area contributed by atoms with E-state index >= 15 is 0 Å². The number of aromatic hydroxyl groups is 1. The molecule has 2 N–H and O–H groups in total. The molecule has 21 heavy (non-hydrogen) atoms. The second-order valence-corrected chi connectivity index (χ2v) is 4.87. The maximum absolute atomic E-state index is 12.2. The van der Waals surface area contributed by atoms with E-state index in [1.165, 1.54) is 6.07 Å². The van der Waals surface area contributed by atoms with Crippen LogP contribution in [-0.4, -0.2) is 16.0 Å². The summed E-state index contributed by atoms with van der Waals surface area (Å²) in [4.78, 5) is 16.5. The second-order valence-electron chi connectivity index (χ2n) is 4.47. The van der Waals surface area contributed by atoms with E-state index < -0.39 is 5.91 Å². The Labute approximate surface area is 126 Å².